The normalized spacial score (nSPS) is 18.1. The predicted octanol–water partition coefficient (Wildman–Crippen LogP) is 6.48. The predicted molar refractivity (Wildman–Crippen MR) is 102 cm³/mol. The van der Waals surface area contributed by atoms with E-state index in [1.807, 2.05) is 19.1 Å². The van der Waals surface area contributed by atoms with Gasteiger partial charge in [0.15, 0.2) is 0 Å². The molecule has 0 heterocycles. The number of hydrogen-bond acceptors (Lipinski definition) is 2. The standard InChI is InChI=1S/C20H24BrNO/c1-3-17(15-22-23)8-7-16(2)20(13-5-4-6-14-20)18-9-11-19(21)12-10-18/h3,7-12H,2,4-6,13-15H2,1H3/b8-7-,17-3+. The van der Waals surface area contributed by atoms with E-state index >= 15 is 0 Å². The molecule has 0 saturated heterocycles. The molecule has 0 aliphatic heterocycles. The van der Waals surface area contributed by atoms with Crippen molar-refractivity contribution >= 4 is 15.9 Å². The topological polar surface area (TPSA) is 29.4 Å². The maximum absolute atomic E-state index is 10.5. The van der Waals surface area contributed by atoms with Crippen molar-refractivity contribution in [1.29, 1.82) is 0 Å². The monoisotopic (exact) mass is 373 g/mol. The van der Waals surface area contributed by atoms with Crippen LogP contribution in [-0.4, -0.2) is 6.54 Å². The summed E-state index contributed by atoms with van der Waals surface area (Å²) in [6, 6.07) is 8.63. The number of rotatable bonds is 6. The lowest BCUT2D eigenvalue weighted by Gasteiger charge is -2.39. The Balaban J connectivity index is 2.31. The maximum Gasteiger partial charge on any atom is 0.106 e. The van der Waals surface area contributed by atoms with Crippen molar-refractivity contribution in [3.05, 3.63) is 75.2 Å². The van der Waals surface area contributed by atoms with Crippen LogP contribution in [0.3, 0.4) is 0 Å². The van der Waals surface area contributed by atoms with Crippen molar-refractivity contribution in [2.75, 3.05) is 6.54 Å². The zero-order chi connectivity index (χ0) is 16.7. The average molecular weight is 374 g/mol. The van der Waals surface area contributed by atoms with E-state index < -0.39 is 0 Å². The summed E-state index contributed by atoms with van der Waals surface area (Å²) in [7, 11) is 0. The molecule has 1 aromatic carbocycles. The largest absolute Gasteiger partial charge is 0.150 e. The minimum atomic E-state index is 0.0168. The molecule has 0 atom stereocenters. The lowest BCUT2D eigenvalue weighted by molar-refractivity contribution is 0.346. The third-order valence-electron chi connectivity index (χ3n) is 4.84. The zero-order valence-electron chi connectivity index (χ0n) is 13.7. The van der Waals surface area contributed by atoms with Crippen LogP contribution in [0.25, 0.3) is 0 Å². The summed E-state index contributed by atoms with van der Waals surface area (Å²) in [5.74, 6) is 0. The van der Waals surface area contributed by atoms with Crippen LogP contribution in [-0.2, 0) is 5.41 Å². The highest BCUT2D eigenvalue weighted by Crippen LogP contribution is 2.45. The van der Waals surface area contributed by atoms with Gasteiger partial charge in [-0.3, -0.25) is 0 Å². The van der Waals surface area contributed by atoms with Gasteiger partial charge in [0.1, 0.15) is 6.54 Å². The van der Waals surface area contributed by atoms with Crippen molar-refractivity contribution in [3.63, 3.8) is 0 Å². The van der Waals surface area contributed by atoms with E-state index in [9.17, 15) is 4.91 Å². The highest BCUT2D eigenvalue weighted by atomic mass is 79.9. The van der Waals surface area contributed by atoms with Crippen LogP contribution >= 0.6 is 15.9 Å². The number of nitrogens with zero attached hydrogens (tertiary/aromatic N) is 1. The molecule has 0 bridgehead atoms. The molecule has 23 heavy (non-hydrogen) atoms. The van der Waals surface area contributed by atoms with E-state index in [0.717, 1.165) is 28.5 Å². The van der Waals surface area contributed by atoms with Crippen molar-refractivity contribution in [2.24, 2.45) is 5.18 Å². The molecule has 0 N–H and O–H groups in total. The molecule has 0 spiro atoms. The van der Waals surface area contributed by atoms with Crippen LogP contribution in [0.4, 0.5) is 0 Å². The van der Waals surface area contributed by atoms with E-state index in [1.54, 1.807) is 0 Å². The van der Waals surface area contributed by atoms with Crippen LogP contribution in [0.2, 0.25) is 0 Å². The molecular formula is C20H24BrNO. The maximum atomic E-state index is 10.5. The van der Waals surface area contributed by atoms with Gasteiger partial charge in [-0.15, -0.1) is 0 Å². The Kier molecular flexibility index (Phi) is 6.52. The Labute approximate surface area is 147 Å². The number of nitroso groups, excluding NO2 is 1. The molecule has 122 valence electrons. The Morgan fingerprint density at radius 3 is 2.43 bits per heavy atom. The highest BCUT2D eigenvalue weighted by Gasteiger charge is 2.35. The molecule has 2 rings (SSSR count). The van der Waals surface area contributed by atoms with Crippen molar-refractivity contribution in [1.82, 2.24) is 0 Å². The quantitative estimate of drug-likeness (QED) is 0.414. The summed E-state index contributed by atoms with van der Waals surface area (Å²) in [4.78, 5) is 10.5. The first-order valence-electron chi connectivity index (χ1n) is 8.20. The number of halogens is 1. The van der Waals surface area contributed by atoms with E-state index in [2.05, 4.69) is 58.0 Å². The third-order valence-corrected chi connectivity index (χ3v) is 5.36. The number of allylic oxidation sites excluding steroid dienone is 3. The zero-order valence-corrected chi connectivity index (χ0v) is 15.3. The first-order chi connectivity index (χ1) is 11.1. The van der Waals surface area contributed by atoms with E-state index in [4.69, 9.17) is 0 Å². The second kappa shape index (κ2) is 8.39. The van der Waals surface area contributed by atoms with Crippen LogP contribution in [0.5, 0.6) is 0 Å². The molecule has 1 fully saturated rings. The second-order valence-corrected chi connectivity index (χ2v) is 7.07. The lowest BCUT2D eigenvalue weighted by atomic mass is 9.65. The molecule has 0 unspecified atom stereocenters. The summed E-state index contributed by atoms with van der Waals surface area (Å²) >= 11 is 3.52. The first kappa shape index (κ1) is 17.9. The Hall–Kier alpha value is -1.48. The highest BCUT2D eigenvalue weighted by molar-refractivity contribution is 9.10. The summed E-state index contributed by atoms with van der Waals surface area (Å²) in [5, 5.41) is 2.98. The molecule has 2 nitrogen and oxygen atoms in total. The summed E-state index contributed by atoms with van der Waals surface area (Å²) in [6.45, 7) is 6.52. The molecule has 3 heteroatoms. The minimum Gasteiger partial charge on any atom is -0.150 e. The molecule has 1 aromatic rings. The van der Waals surface area contributed by atoms with Crippen LogP contribution in [0.15, 0.2) is 69.9 Å². The summed E-state index contributed by atoms with van der Waals surface area (Å²) < 4.78 is 1.10. The van der Waals surface area contributed by atoms with Gasteiger partial charge in [0.2, 0.25) is 0 Å². The average Bonchev–Trinajstić information content (AvgIpc) is 2.59. The van der Waals surface area contributed by atoms with Gasteiger partial charge in [-0.25, -0.2) is 0 Å². The molecule has 0 amide bonds. The Bertz CT molecular complexity index is 607. The van der Waals surface area contributed by atoms with E-state index in [0.29, 0.717) is 0 Å². The summed E-state index contributed by atoms with van der Waals surface area (Å²) in [6.07, 6.45) is 12.0. The molecule has 1 aliphatic carbocycles. The van der Waals surface area contributed by atoms with Gasteiger partial charge in [0, 0.05) is 9.89 Å². The van der Waals surface area contributed by atoms with Crippen molar-refractivity contribution < 1.29 is 0 Å². The molecule has 1 aliphatic rings. The number of benzene rings is 1. The van der Waals surface area contributed by atoms with Gasteiger partial charge in [0.25, 0.3) is 0 Å². The molecule has 1 saturated carbocycles. The van der Waals surface area contributed by atoms with Crippen molar-refractivity contribution in [2.45, 2.75) is 44.4 Å². The Morgan fingerprint density at radius 2 is 1.87 bits per heavy atom. The van der Waals surface area contributed by atoms with Crippen LogP contribution in [0.1, 0.15) is 44.6 Å². The van der Waals surface area contributed by atoms with E-state index in [-0.39, 0.29) is 12.0 Å². The summed E-state index contributed by atoms with van der Waals surface area (Å²) in [5.41, 5.74) is 3.42. The van der Waals surface area contributed by atoms with Gasteiger partial charge in [0.05, 0.1) is 0 Å². The first-order valence-corrected chi connectivity index (χ1v) is 8.99. The molecular weight excluding hydrogens is 350 g/mol. The van der Waals surface area contributed by atoms with Gasteiger partial charge in [-0.1, -0.05) is 77.3 Å². The van der Waals surface area contributed by atoms with Gasteiger partial charge >= 0.3 is 0 Å². The third kappa shape index (κ3) is 4.29. The van der Waals surface area contributed by atoms with Crippen LogP contribution < -0.4 is 0 Å². The SMILES string of the molecule is C=C(/C=C\C(=C/C)CN=O)C1(c2ccc(Br)cc2)CCCCC1. The minimum absolute atomic E-state index is 0.0168. The number of hydrogen-bond donors (Lipinski definition) is 0. The fraction of sp³-hybridized carbons (Fsp3) is 0.400. The van der Waals surface area contributed by atoms with Crippen LogP contribution in [0, 0.1) is 4.91 Å². The Morgan fingerprint density at radius 1 is 1.22 bits per heavy atom. The fourth-order valence-corrected chi connectivity index (χ4v) is 3.67. The van der Waals surface area contributed by atoms with Gasteiger partial charge in [-0.2, -0.15) is 4.91 Å². The van der Waals surface area contributed by atoms with Gasteiger partial charge in [-0.05, 0) is 48.6 Å². The molecule has 0 radical (unpaired) electrons. The van der Waals surface area contributed by atoms with E-state index in [1.165, 1.54) is 24.8 Å². The smallest absolute Gasteiger partial charge is 0.106 e. The lowest BCUT2D eigenvalue weighted by Crippen LogP contribution is -2.30. The second-order valence-electron chi connectivity index (χ2n) is 6.16. The fourth-order valence-electron chi connectivity index (χ4n) is 3.40. The van der Waals surface area contributed by atoms with Crippen molar-refractivity contribution in [3.8, 4) is 0 Å². The molecule has 0 aromatic heterocycles. The van der Waals surface area contributed by atoms with Gasteiger partial charge < -0.3 is 0 Å².